The highest BCUT2D eigenvalue weighted by molar-refractivity contribution is 5.93. The molecule has 1 aliphatic carbocycles. The van der Waals surface area contributed by atoms with Crippen LogP contribution in [0.4, 0.5) is 5.82 Å². The third kappa shape index (κ3) is 5.30. The third-order valence-electron chi connectivity index (χ3n) is 7.16. The largest absolute Gasteiger partial charge is 0.495 e. The van der Waals surface area contributed by atoms with Crippen LogP contribution in [-0.4, -0.2) is 70.6 Å². The Morgan fingerprint density at radius 1 is 1.18 bits per heavy atom. The minimum atomic E-state index is -0.0127. The summed E-state index contributed by atoms with van der Waals surface area (Å²) in [5.41, 5.74) is 9.43. The summed E-state index contributed by atoms with van der Waals surface area (Å²) in [5, 5.41) is 8.53. The van der Waals surface area contributed by atoms with Gasteiger partial charge in [0.2, 0.25) is 5.91 Å². The van der Waals surface area contributed by atoms with Gasteiger partial charge >= 0.3 is 0 Å². The van der Waals surface area contributed by atoms with Crippen molar-refractivity contribution >= 4 is 28.1 Å². The van der Waals surface area contributed by atoms with Gasteiger partial charge in [0.25, 0.3) is 0 Å². The van der Waals surface area contributed by atoms with Crippen molar-refractivity contribution in [3.8, 4) is 17.1 Å². The number of hydrogen-bond donors (Lipinski definition) is 3. The van der Waals surface area contributed by atoms with Crippen molar-refractivity contribution in [1.29, 1.82) is 0 Å². The normalized spacial score (nSPS) is 17.7. The first kappa shape index (κ1) is 25.9. The van der Waals surface area contributed by atoms with E-state index in [0.29, 0.717) is 50.0 Å². The Labute approximate surface area is 221 Å². The predicted molar refractivity (Wildman–Crippen MR) is 144 cm³/mol. The summed E-state index contributed by atoms with van der Waals surface area (Å²) in [6.07, 6.45) is 4.71. The molecular formula is C27H35N7O4. The Hall–Kier alpha value is -3.70. The molecule has 5 rings (SSSR count). The molecule has 0 atom stereocenters. The molecule has 0 unspecified atom stereocenters. The van der Waals surface area contributed by atoms with Gasteiger partial charge in [-0.3, -0.25) is 4.79 Å². The zero-order valence-electron chi connectivity index (χ0n) is 21.9. The number of methoxy groups -OCH3 is 1. The number of rotatable bonds is 11. The van der Waals surface area contributed by atoms with Crippen molar-refractivity contribution in [3.63, 3.8) is 0 Å². The zero-order valence-corrected chi connectivity index (χ0v) is 21.9. The summed E-state index contributed by atoms with van der Waals surface area (Å²) >= 11 is 0. The Morgan fingerprint density at radius 2 is 2.00 bits per heavy atom. The molecule has 3 aromatic heterocycles. The van der Waals surface area contributed by atoms with Gasteiger partial charge < -0.3 is 30.2 Å². The lowest BCUT2D eigenvalue weighted by Crippen LogP contribution is -2.35. The lowest BCUT2D eigenvalue weighted by atomic mass is 9.81. The molecule has 38 heavy (non-hydrogen) atoms. The first-order valence-electron chi connectivity index (χ1n) is 13.2. The van der Waals surface area contributed by atoms with Crippen LogP contribution in [0.25, 0.3) is 27.8 Å². The molecule has 0 spiro atoms. The lowest BCUT2D eigenvalue weighted by Gasteiger charge is -2.26. The van der Waals surface area contributed by atoms with Gasteiger partial charge in [0, 0.05) is 30.4 Å². The smallest absolute Gasteiger partial charge is 0.223 e. The number of nitrogens with two attached hydrogens (primary N) is 1. The van der Waals surface area contributed by atoms with Crippen molar-refractivity contribution in [1.82, 2.24) is 29.9 Å². The van der Waals surface area contributed by atoms with E-state index >= 15 is 0 Å². The van der Waals surface area contributed by atoms with Crippen LogP contribution in [0.1, 0.15) is 44.3 Å². The number of para-hydroxylation sites is 1. The minimum Gasteiger partial charge on any atom is -0.495 e. The van der Waals surface area contributed by atoms with Gasteiger partial charge in [-0.1, -0.05) is 12.1 Å². The number of hydrogen-bond acceptors (Lipinski definition) is 8. The topological polar surface area (TPSA) is 142 Å². The second-order valence-electron chi connectivity index (χ2n) is 9.48. The molecule has 1 saturated carbocycles. The fourth-order valence-electron chi connectivity index (χ4n) is 5.22. The number of nitrogens with one attached hydrogen (secondary N) is 2. The molecule has 1 fully saturated rings. The molecule has 0 radical (unpaired) electrons. The molecule has 0 aliphatic heterocycles. The van der Waals surface area contributed by atoms with E-state index in [1.165, 1.54) is 6.33 Å². The van der Waals surface area contributed by atoms with Crippen molar-refractivity contribution in [3.05, 3.63) is 36.4 Å². The maximum Gasteiger partial charge on any atom is 0.223 e. The predicted octanol–water partition coefficient (Wildman–Crippen LogP) is 3.31. The molecule has 1 amide bonds. The Kier molecular flexibility index (Phi) is 8.04. The molecule has 0 saturated heterocycles. The molecular weight excluding hydrogens is 486 g/mol. The fraction of sp³-hybridized carbons (Fsp3) is 0.481. The van der Waals surface area contributed by atoms with Crippen LogP contribution >= 0.6 is 0 Å². The highest BCUT2D eigenvalue weighted by atomic mass is 16.5. The Bertz CT molecular complexity index is 1390. The molecule has 4 aromatic rings. The first-order valence-corrected chi connectivity index (χ1v) is 13.2. The summed E-state index contributed by atoms with van der Waals surface area (Å²) in [5.74, 6) is 2.21. The molecule has 11 nitrogen and oxygen atoms in total. The molecule has 0 bridgehead atoms. The zero-order chi connectivity index (χ0) is 26.5. The van der Waals surface area contributed by atoms with Crippen molar-refractivity contribution in [2.75, 3.05) is 45.8 Å². The number of amides is 1. The van der Waals surface area contributed by atoms with Crippen LogP contribution < -0.4 is 15.8 Å². The van der Waals surface area contributed by atoms with Crippen molar-refractivity contribution in [2.45, 2.75) is 38.5 Å². The molecule has 3 heterocycles. The van der Waals surface area contributed by atoms with Crippen molar-refractivity contribution in [2.24, 2.45) is 5.92 Å². The number of nitrogens with zero attached hydrogens (tertiary/aromatic N) is 4. The maximum absolute atomic E-state index is 12.7. The number of benzene rings is 1. The number of anilines is 1. The number of aromatic nitrogens is 5. The van der Waals surface area contributed by atoms with Gasteiger partial charge in [-0.25, -0.2) is 14.5 Å². The van der Waals surface area contributed by atoms with E-state index in [0.717, 1.165) is 53.9 Å². The Balaban J connectivity index is 1.29. The standard InChI is InChI=1S/C27H35N7O4/c1-3-37-13-14-38-12-11-29-27(35)18-9-7-17(8-10-18)26-33-23(24-25(28)30-16-31-34(24)26)20-15-19-5-4-6-21(36-2)22(19)32-20/h4-6,15-18,32H,3,7-14H2,1-2H3,(H,29,35)(H2,28,30,31)/t17-,18-. The number of aromatic amines is 1. The molecule has 1 aromatic carbocycles. The lowest BCUT2D eigenvalue weighted by molar-refractivity contribution is -0.126. The molecule has 11 heteroatoms. The highest BCUT2D eigenvalue weighted by Gasteiger charge is 2.31. The van der Waals surface area contributed by atoms with Gasteiger partial charge in [0.05, 0.1) is 38.1 Å². The number of nitrogen functional groups attached to an aromatic ring is 1. The average Bonchev–Trinajstić information content (AvgIpc) is 3.55. The second-order valence-corrected chi connectivity index (χ2v) is 9.48. The number of fused-ring (bicyclic) bond motifs is 2. The van der Waals surface area contributed by atoms with Crippen molar-refractivity contribution < 1.29 is 19.0 Å². The number of carbonyl (C=O) groups is 1. The van der Waals surface area contributed by atoms with E-state index in [1.54, 1.807) is 7.11 Å². The van der Waals surface area contributed by atoms with Gasteiger partial charge in [-0.2, -0.15) is 5.10 Å². The van der Waals surface area contributed by atoms with Crippen LogP contribution in [0.5, 0.6) is 5.75 Å². The fourth-order valence-corrected chi connectivity index (χ4v) is 5.22. The van der Waals surface area contributed by atoms with E-state index in [4.69, 9.17) is 24.9 Å². The number of ether oxygens (including phenoxy) is 3. The van der Waals surface area contributed by atoms with Gasteiger partial charge in [-0.15, -0.1) is 0 Å². The van der Waals surface area contributed by atoms with Crippen LogP contribution in [-0.2, 0) is 14.3 Å². The van der Waals surface area contributed by atoms with E-state index in [-0.39, 0.29) is 17.7 Å². The number of carbonyl (C=O) groups excluding carboxylic acids is 1. The van der Waals surface area contributed by atoms with E-state index in [2.05, 4.69) is 20.4 Å². The number of H-pyrrole nitrogens is 1. The maximum atomic E-state index is 12.7. The first-order chi connectivity index (χ1) is 18.6. The van der Waals surface area contributed by atoms with E-state index < -0.39 is 0 Å². The SMILES string of the molecule is CCOCCOCCNC(=O)[C@H]1CC[C@H](c2nc(-c3cc4cccc(OC)c4[nH]3)c3c(N)ncnn32)CC1. The summed E-state index contributed by atoms with van der Waals surface area (Å²) in [6.45, 7) is 4.73. The summed E-state index contributed by atoms with van der Waals surface area (Å²) in [7, 11) is 1.65. The minimum absolute atomic E-state index is 0.0127. The summed E-state index contributed by atoms with van der Waals surface area (Å²) < 4.78 is 18.1. The van der Waals surface area contributed by atoms with E-state index in [1.807, 2.05) is 35.7 Å². The van der Waals surface area contributed by atoms with Gasteiger partial charge in [0.1, 0.15) is 29.1 Å². The monoisotopic (exact) mass is 521 g/mol. The molecule has 1 aliphatic rings. The second kappa shape index (κ2) is 11.8. The van der Waals surface area contributed by atoms with Crippen LogP contribution in [0.15, 0.2) is 30.6 Å². The molecule has 4 N–H and O–H groups in total. The van der Waals surface area contributed by atoms with Crippen LogP contribution in [0.2, 0.25) is 0 Å². The summed E-state index contributed by atoms with van der Waals surface area (Å²) in [4.78, 5) is 25.4. The van der Waals surface area contributed by atoms with Crippen LogP contribution in [0, 0.1) is 5.92 Å². The third-order valence-corrected chi connectivity index (χ3v) is 7.16. The summed E-state index contributed by atoms with van der Waals surface area (Å²) in [6, 6.07) is 7.94. The number of imidazole rings is 1. The van der Waals surface area contributed by atoms with Gasteiger partial charge in [0.15, 0.2) is 5.82 Å². The Morgan fingerprint density at radius 3 is 2.79 bits per heavy atom. The van der Waals surface area contributed by atoms with Crippen LogP contribution in [0.3, 0.4) is 0 Å². The quantitative estimate of drug-likeness (QED) is 0.255. The highest BCUT2D eigenvalue weighted by Crippen LogP contribution is 2.39. The average molecular weight is 522 g/mol. The molecule has 202 valence electrons. The van der Waals surface area contributed by atoms with Gasteiger partial charge in [-0.05, 0) is 44.7 Å². The van der Waals surface area contributed by atoms with E-state index in [9.17, 15) is 4.79 Å².